The summed E-state index contributed by atoms with van der Waals surface area (Å²) in [7, 11) is 0. The van der Waals surface area contributed by atoms with Gasteiger partial charge in [0.2, 0.25) is 5.91 Å². The molecule has 0 aromatic heterocycles. The Morgan fingerprint density at radius 3 is 2.21 bits per heavy atom. The van der Waals surface area contributed by atoms with Crippen LogP contribution in [0.5, 0.6) is 0 Å². The van der Waals surface area contributed by atoms with Crippen LogP contribution in [0.4, 0.5) is 0 Å². The number of aldehydes is 1. The molecular weight excluding hydrogens is 412 g/mol. The van der Waals surface area contributed by atoms with Crippen molar-refractivity contribution >= 4 is 28.9 Å². The lowest BCUT2D eigenvalue weighted by atomic mass is 9.94. The number of carbonyl (C=O) groups excluding carboxylic acids is 3. The number of carbonyl (C=O) groups is 3. The van der Waals surface area contributed by atoms with Gasteiger partial charge in [0, 0.05) is 5.56 Å². The van der Waals surface area contributed by atoms with Crippen LogP contribution in [0, 0.1) is 0 Å². The van der Waals surface area contributed by atoms with Crippen LogP contribution in [0.15, 0.2) is 91.0 Å². The minimum atomic E-state index is -0.602. The predicted octanol–water partition coefficient (Wildman–Crippen LogP) is 4.07. The molecule has 164 valence electrons. The van der Waals surface area contributed by atoms with E-state index in [0.717, 1.165) is 33.7 Å². The molecule has 33 heavy (non-hydrogen) atoms. The Balaban J connectivity index is 1.48. The topological polar surface area (TPSA) is 89.3 Å². The largest absolute Gasteiger partial charge is 0.366 e. The minimum Gasteiger partial charge on any atom is -0.366 e. The molecule has 0 radical (unpaired) electrons. The second kappa shape index (κ2) is 9.92. The van der Waals surface area contributed by atoms with Gasteiger partial charge in [-0.1, -0.05) is 78.9 Å². The van der Waals surface area contributed by atoms with E-state index in [9.17, 15) is 14.4 Å². The van der Waals surface area contributed by atoms with Crippen LogP contribution in [0.3, 0.4) is 0 Å². The zero-order valence-corrected chi connectivity index (χ0v) is 18.0. The van der Waals surface area contributed by atoms with Crippen molar-refractivity contribution in [1.82, 2.24) is 5.32 Å². The molecule has 0 bridgehead atoms. The third kappa shape index (κ3) is 5.15. The first-order valence-corrected chi connectivity index (χ1v) is 10.7. The van der Waals surface area contributed by atoms with E-state index < -0.39 is 11.9 Å². The third-order valence-electron chi connectivity index (χ3n) is 5.65. The summed E-state index contributed by atoms with van der Waals surface area (Å²) in [6.45, 7) is 0. The average Bonchev–Trinajstić information content (AvgIpc) is 2.84. The maximum atomic E-state index is 12.6. The zero-order valence-electron chi connectivity index (χ0n) is 18.0. The van der Waals surface area contributed by atoms with Crippen LogP contribution in [-0.2, 0) is 17.6 Å². The Labute approximate surface area is 192 Å². The van der Waals surface area contributed by atoms with Gasteiger partial charge in [0.15, 0.2) is 0 Å². The number of fused-ring (bicyclic) bond motifs is 1. The molecule has 2 amide bonds. The van der Waals surface area contributed by atoms with E-state index in [1.807, 2.05) is 78.9 Å². The van der Waals surface area contributed by atoms with Crippen molar-refractivity contribution in [3.8, 4) is 0 Å². The van der Waals surface area contributed by atoms with Gasteiger partial charge in [-0.15, -0.1) is 0 Å². The highest BCUT2D eigenvalue weighted by Crippen LogP contribution is 2.24. The fraction of sp³-hybridized carbons (Fsp3) is 0.107. The molecule has 0 spiro atoms. The second-order valence-corrected chi connectivity index (χ2v) is 7.96. The van der Waals surface area contributed by atoms with Gasteiger partial charge >= 0.3 is 0 Å². The van der Waals surface area contributed by atoms with Gasteiger partial charge in [-0.2, -0.15) is 0 Å². The summed E-state index contributed by atoms with van der Waals surface area (Å²) in [4.78, 5) is 36.3. The summed E-state index contributed by atoms with van der Waals surface area (Å²) in [5.41, 5.74) is 9.43. The van der Waals surface area contributed by atoms with Crippen LogP contribution in [0.25, 0.3) is 10.8 Å². The van der Waals surface area contributed by atoms with E-state index in [1.54, 1.807) is 12.1 Å². The smallest absolute Gasteiger partial charge is 0.251 e. The van der Waals surface area contributed by atoms with E-state index in [-0.39, 0.29) is 5.91 Å². The maximum Gasteiger partial charge on any atom is 0.251 e. The van der Waals surface area contributed by atoms with Crippen LogP contribution >= 0.6 is 0 Å². The quantitative estimate of drug-likeness (QED) is 0.408. The lowest BCUT2D eigenvalue weighted by Gasteiger charge is -2.14. The van der Waals surface area contributed by atoms with Gasteiger partial charge in [0.05, 0.1) is 11.6 Å². The highest BCUT2D eigenvalue weighted by molar-refractivity contribution is 6.07. The second-order valence-electron chi connectivity index (χ2n) is 7.96. The van der Waals surface area contributed by atoms with Crippen molar-refractivity contribution in [2.75, 3.05) is 0 Å². The number of hydrogen-bond donors (Lipinski definition) is 2. The molecule has 0 aliphatic carbocycles. The molecule has 0 aliphatic rings. The Morgan fingerprint density at radius 2 is 1.52 bits per heavy atom. The van der Waals surface area contributed by atoms with Crippen LogP contribution in [0.2, 0.25) is 0 Å². The van der Waals surface area contributed by atoms with Gasteiger partial charge in [0.1, 0.15) is 6.29 Å². The lowest BCUT2D eigenvalue weighted by molar-refractivity contribution is -0.109. The van der Waals surface area contributed by atoms with Gasteiger partial charge in [0.25, 0.3) is 5.91 Å². The van der Waals surface area contributed by atoms with Crippen molar-refractivity contribution in [1.29, 1.82) is 0 Å². The van der Waals surface area contributed by atoms with Crippen molar-refractivity contribution in [2.24, 2.45) is 5.73 Å². The predicted molar refractivity (Wildman–Crippen MR) is 129 cm³/mol. The normalized spacial score (nSPS) is 11.6. The monoisotopic (exact) mass is 436 g/mol. The molecule has 4 aromatic rings. The molecule has 5 nitrogen and oxygen atoms in total. The Bertz CT molecular complexity index is 1300. The standard InChI is InChI=1S/C28H24N2O3/c29-27(32)26-23(15-14-21-8-4-5-9-25(21)26)16-20-10-12-22(13-11-20)28(33)30-24(18-31)17-19-6-2-1-3-7-19/h1-15,18,24H,16-17H2,(H2,29,32)(H,30,33). The number of benzene rings is 4. The molecule has 0 saturated heterocycles. The molecule has 1 unspecified atom stereocenters. The highest BCUT2D eigenvalue weighted by Gasteiger charge is 2.15. The van der Waals surface area contributed by atoms with E-state index in [0.29, 0.717) is 24.0 Å². The highest BCUT2D eigenvalue weighted by atomic mass is 16.2. The lowest BCUT2D eigenvalue weighted by Crippen LogP contribution is -2.37. The number of nitrogens with two attached hydrogens (primary N) is 1. The maximum absolute atomic E-state index is 12.6. The van der Waals surface area contributed by atoms with Crippen molar-refractivity contribution in [3.05, 3.63) is 119 Å². The first-order valence-electron chi connectivity index (χ1n) is 10.7. The van der Waals surface area contributed by atoms with Crippen molar-refractivity contribution < 1.29 is 14.4 Å². The zero-order chi connectivity index (χ0) is 23.2. The first kappa shape index (κ1) is 22.0. The number of hydrogen-bond acceptors (Lipinski definition) is 3. The summed E-state index contributed by atoms with van der Waals surface area (Å²) in [6, 6.07) is 27.6. The molecule has 0 aliphatic heterocycles. The number of primary amides is 1. The molecule has 5 heteroatoms. The van der Waals surface area contributed by atoms with E-state index in [4.69, 9.17) is 5.73 Å². The molecule has 3 N–H and O–H groups in total. The fourth-order valence-electron chi connectivity index (χ4n) is 4.00. The first-order chi connectivity index (χ1) is 16.0. The van der Waals surface area contributed by atoms with Gasteiger partial charge in [-0.05, 0) is 52.4 Å². The Hall–Kier alpha value is -4.25. The molecular formula is C28H24N2O3. The Morgan fingerprint density at radius 1 is 0.818 bits per heavy atom. The summed E-state index contributed by atoms with van der Waals surface area (Å²) < 4.78 is 0. The fourth-order valence-corrected chi connectivity index (χ4v) is 4.00. The molecule has 4 rings (SSSR count). The van der Waals surface area contributed by atoms with Crippen LogP contribution in [-0.4, -0.2) is 24.1 Å². The van der Waals surface area contributed by atoms with Crippen molar-refractivity contribution in [3.63, 3.8) is 0 Å². The number of nitrogens with one attached hydrogen (secondary N) is 1. The SMILES string of the molecule is NC(=O)c1c(Cc2ccc(C(=O)NC(C=O)Cc3ccccc3)cc2)ccc2ccccc12. The summed E-state index contributed by atoms with van der Waals surface area (Å²) in [5, 5.41) is 4.57. The molecule has 0 heterocycles. The molecule has 4 aromatic carbocycles. The van der Waals surface area contributed by atoms with Crippen LogP contribution in [0.1, 0.15) is 37.4 Å². The van der Waals surface area contributed by atoms with E-state index in [2.05, 4.69) is 5.32 Å². The van der Waals surface area contributed by atoms with Crippen molar-refractivity contribution in [2.45, 2.75) is 18.9 Å². The third-order valence-corrected chi connectivity index (χ3v) is 5.65. The summed E-state index contributed by atoms with van der Waals surface area (Å²) >= 11 is 0. The Kier molecular flexibility index (Phi) is 6.60. The van der Waals surface area contributed by atoms with E-state index in [1.165, 1.54) is 0 Å². The number of amides is 2. The molecule has 0 fully saturated rings. The summed E-state index contributed by atoms with van der Waals surface area (Å²) in [6.07, 6.45) is 1.70. The summed E-state index contributed by atoms with van der Waals surface area (Å²) in [5.74, 6) is -0.769. The van der Waals surface area contributed by atoms with Gasteiger partial charge in [-0.3, -0.25) is 9.59 Å². The minimum absolute atomic E-state index is 0.307. The molecule has 0 saturated carbocycles. The van der Waals surface area contributed by atoms with Gasteiger partial charge < -0.3 is 15.8 Å². The molecule has 1 atom stereocenters. The van der Waals surface area contributed by atoms with Gasteiger partial charge in [-0.25, -0.2) is 0 Å². The van der Waals surface area contributed by atoms with Crippen LogP contribution < -0.4 is 11.1 Å². The number of rotatable bonds is 8. The average molecular weight is 437 g/mol. The van der Waals surface area contributed by atoms with E-state index >= 15 is 0 Å².